The third-order valence-corrected chi connectivity index (χ3v) is 4.08. The van der Waals surface area contributed by atoms with E-state index in [1.54, 1.807) is 12.3 Å². The molecule has 3 rings (SSSR count). The molecule has 1 saturated heterocycles. The molecule has 1 aliphatic rings. The zero-order valence-electron chi connectivity index (χ0n) is 12.2. The van der Waals surface area contributed by atoms with Crippen molar-refractivity contribution >= 4 is 5.91 Å². The molecule has 0 unspecified atom stereocenters. The highest BCUT2D eigenvalue weighted by atomic mass is 16.3. The zero-order chi connectivity index (χ0) is 15.4. The Morgan fingerprint density at radius 2 is 1.91 bits per heavy atom. The number of nitrogens with zero attached hydrogens (tertiary/aromatic N) is 2. The van der Waals surface area contributed by atoms with Crippen molar-refractivity contribution in [2.75, 3.05) is 26.2 Å². The third-order valence-electron chi connectivity index (χ3n) is 4.08. The molecule has 112 valence electrons. The molecule has 1 N–H and O–H groups in total. The fourth-order valence-electron chi connectivity index (χ4n) is 2.86. The number of nitrogens with one attached hydrogen (secondary N) is 1. The summed E-state index contributed by atoms with van der Waals surface area (Å²) >= 11 is 0. The van der Waals surface area contributed by atoms with Crippen molar-refractivity contribution in [2.45, 2.75) is 6.04 Å². The van der Waals surface area contributed by atoms with Gasteiger partial charge in [0.25, 0.3) is 5.91 Å². The monoisotopic (exact) mass is 296 g/mol. The second-order valence-corrected chi connectivity index (χ2v) is 5.39. The topological polar surface area (TPSA) is 61.7 Å². The first-order valence-electron chi connectivity index (χ1n) is 7.41. The minimum Gasteiger partial charge on any atom is -0.462 e. The van der Waals surface area contributed by atoms with E-state index < -0.39 is 0 Å². The van der Waals surface area contributed by atoms with Crippen molar-refractivity contribution in [2.24, 2.45) is 0 Å². The summed E-state index contributed by atoms with van der Waals surface area (Å²) in [4.78, 5) is 15.4. The fourth-order valence-corrected chi connectivity index (χ4v) is 2.86. The van der Waals surface area contributed by atoms with Crippen molar-refractivity contribution in [1.29, 1.82) is 5.26 Å². The lowest BCUT2D eigenvalue weighted by molar-refractivity contribution is -0.927. The summed E-state index contributed by atoms with van der Waals surface area (Å²) in [6.07, 6.45) is 1.59. The van der Waals surface area contributed by atoms with E-state index in [2.05, 4.69) is 6.07 Å². The van der Waals surface area contributed by atoms with Crippen LogP contribution in [0.3, 0.4) is 0 Å². The number of amides is 1. The maximum absolute atomic E-state index is 12.4. The number of nitriles is 1. The predicted octanol–water partition coefficient (Wildman–Crippen LogP) is 0.885. The van der Waals surface area contributed by atoms with E-state index in [4.69, 9.17) is 4.42 Å². The van der Waals surface area contributed by atoms with Gasteiger partial charge in [0.15, 0.2) is 5.76 Å². The Kier molecular flexibility index (Phi) is 4.22. The quantitative estimate of drug-likeness (QED) is 0.915. The summed E-state index contributed by atoms with van der Waals surface area (Å²) < 4.78 is 5.36. The van der Waals surface area contributed by atoms with Crippen LogP contribution in [-0.4, -0.2) is 37.0 Å². The van der Waals surface area contributed by atoms with Gasteiger partial charge in [0, 0.05) is 5.56 Å². The van der Waals surface area contributed by atoms with Crippen LogP contribution in [0.4, 0.5) is 0 Å². The SMILES string of the molecule is N#C[C@@H](c1ccco1)[NH+]1CCN(C(=O)c2ccccc2)CC1. The van der Waals surface area contributed by atoms with Crippen LogP contribution in [0.1, 0.15) is 22.2 Å². The van der Waals surface area contributed by atoms with Crippen LogP contribution in [0.15, 0.2) is 53.1 Å². The van der Waals surface area contributed by atoms with Crippen molar-refractivity contribution in [1.82, 2.24) is 4.90 Å². The normalized spacial score (nSPS) is 17.0. The molecule has 0 spiro atoms. The van der Waals surface area contributed by atoms with E-state index in [-0.39, 0.29) is 11.9 Å². The van der Waals surface area contributed by atoms with Crippen LogP contribution in [0.5, 0.6) is 0 Å². The van der Waals surface area contributed by atoms with Gasteiger partial charge in [-0.05, 0) is 24.3 Å². The largest absolute Gasteiger partial charge is 0.462 e. The number of piperazine rings is 1. The molecule has 5 nitrogen and oxygen atoms in total. The average Bonchev–Trinajstić information content (AvgIpc) is 3.11. The van der Waals surface area contributed by atoms with Gasteiger partial charge < -0.3 is 14.2 Å². The number of carbonyl (C=O) groups is 1. The molecule has 0 aliphatic carbocycles. The van der Waals surface area contributed by atoms with Gasteiger partial charge in [-0.15, -0.1) is 0 Å². The minimum atomic E-state index is -0.302. The highest BCUT2D eigenvalue weighted by molar-refractivity contribution is 5.94. The molecule has 1 aromatic heterocycles. The summed E-state index contributed by atoms with van der Waals surface area (Å²) in [6.45, 7) is 2.80. The first-order valence-corrected chi connectivity index (χ1v) is 7.41. The van der Waals surface area contributed by atoms with Crippen LogP contribution in [0, 0.1) is 11.3 Å². The molecule has 1 aliphatic heterocycles. The van der Waals surface area contributed by atoms with Crippen LogP contribution in [0.25, 0.3) is 0 Å². The smallest absolute Gasteiger partial charge is 0.254 e. The van der Waals surface area contributed by atoms with E-state index in [1.165, 1.54) is 0 Å². The molecule has 0 saturated carbocycles. The highest BCUT2D eigenvalue weighted by Crippen LogP contribution is 2.10. The molecule has 5 heteroatoms. The van der Waals surface area contributed by atoms with Crippen molar-refractivity contribution in [3.05, 3.63) is 60.1 Å². The summed E-state index contributed by atoms with van der Waals surface area (Å²) in [6, 6.07) is 15.0. The van der Waals surface area contributed by atoms with E-state index >= 15 is 0 Å². The lowest BCUT2D eigenvalue weighted by Gasteiger charge is -2.33. The zero-order valence-corrected chi connectivity index (χ0v) is 12.2. The second kappa shape index (κ2) is 6.46. The van der Waals surface area contributed by atoms with Gasteiger partial charge in [-0.3, -0.25) is 4.79 Å². The van der Waals surface area contributed by atoms with Crippen LogP contribution >= 0.6 is 0 Å². The minimum absolute atomic E-state index is 0.0613. The molecule has 22 heavy (non-hydrogen) atoms. The molecule has 1 amide bonds. The molecular weight excluding hydrogens is 278 g/mol. The van der Waals surface area contributed by atoms with Crippen LogP contribution in [-0.2, 0) is 0 Å². The Morgan fingerprint density at radius 1 is 1.18 bits per heavy atom. The third kappa shape index (κ3) is 2.87. The van der Waals surface area contributed by atoms with Crippen molar-refractivity contribution in [3.63, 3.8) is 0 Å². The summed E-state index contributed by atoms with van der Waals surface area (Å²) in [5, 5.41) is 9.39. The molecule has 1 aromatic carbocycles. The Bertz CT molecular complexity index is 653. The maximum atomic E-state index is 12.4. The molecule has 1 fully saturated rings. The number of benzene rings is 1. The van der Waals surface area contributed by atoms with Gasteiger partial charge >= 0.3 is 0 Å². The Balaban J connectivity index is 1.63. The van der Waals surface area contributed by atoms with E-state index in [0.29, 0.717) is 24.4 Å². The first-order chi connectivity index (χ1) is 10.8. The van der Waals surface area contributed by atoms with Crippen LogP contribution in [0.2, 0.25) is 0 Å². The van der Waals surface area contributed by atoms with Gasteiger partial charge in [0.2, 0.25) is 6.04 Å². The van der Waals surface area contributed by atoms with Crippen molar-refractivity contribution < 1.29 is 14.1 Å². The molecule has 0 bridgehead atoms. The predicted molar refractivity (Wildman–Crippen MR) is 80.1 cm³/mol. The number of furan rings is 1. The van der Waals surface area contributed by atoms with Gasteiger partial charge in [0.1, 0.15) is 6.07 Å². The Hall–Kier alpha value is -2.58. The summed E-state index contributed by atoms with van der Waals surface area (Å²) in [5.74, 6) is 0.756. The number of hydrogen-bond acceptors (Lipinski definition) is 3. The second-order valence-electron chi connectivity index (χ2n) is 5.39. The van der Waals surface area contributed by atoms with Gasteiger partial charge in [0.05, 0.1) is 32.4 Å². The Labute approximate surface area is 129 Å². The van der Waals surface area contributed by atoms with Crippen LogP contribution < -0.4 is 4.90 Å². The number of carbonyl (C=O) groups excluding carboxylic acids is 1. The van der Waals surface area contributed by atoms with Gasteiger partial charge in [-0.1, -0.05) is 18.2 Å². The molecule has 2 heterocycles. The standard InChI is InChI=1S/C17H17N3O2/c18-13-15(16-7-4-12-22-16)19-8-10-20(11-9-19)17(21)14-5-2-1-3-6-14/h1-7,12,15H,8-11H2/p+1/t15-/m0/s1. The maximum Gasteiger partial charge on any atom is 0.254 e. The van der Waals surface area contributed by atoms with Gasteiger partial charge in [-0.2, -0.15) is 5.26 Å². The summed E-state index contributed by atoms with van der Waals surface area (Å²) in [5.41, 5.74) is 0.716. The Morgan fingerprint density at radius 3 is 2.50 bits per heavy atom. The van der Waals surface area contributed by atoms with E-state index in [9.17, 15) is 10.1 Å². The van der Waals surface area contributed by atoms with Gasteiger partial charge in [-0.25, -0.2) is 0 Å². The number of hydrogen-bond donors (Lipinski definition) is 1. The lowest BCUT2D eigenvalue weighted by atomic mass is 10.1. The highest BCUT2D eigenvalue weighted by Gasteiger charge is 2.32. The number of rotatable bonds is 3. The van der Waals surface area contributed by atoms with E-state index in [0.717, 1.165) is 18.0 Å². The fraction of sp³-hybridized carbons (Fsp3) is 0.294. The molecule has 1 atom stereocenters. The summed E-state index contributed by atoms with van der Waals surface area (Å²) in [7, 11) is 0. The lowest BCUT2D eigenvalue weighted by Crippen LogP contribution is -3.15. The van der Waals surface area contributed by atoms with E-state index in [1.807, 2.05) is 41.3 Å². The molecule has 2 aromatic rings. The number of quaternary nitrogens is 1. The molecular formula is C17H18N3O2+. The molecule has 0 radical (unpaired) electrons. The first kappa shape index (κ1) is 14.4. The van der Waals surface area contributed by atoms with Crippen molar-refractivity contribution in [3.8, 4) is 6.07 Å². The average molecular weight is 296 g/mol.